The van der Waals surface area contributed by atoms with Crippen LogP contribution >= 0.6 is 0 Å². The molecular formula is C32H39F3N6O. The fourth-order valence-electron chi connectivity index (χ4n) is 7.34. The minimum atomic E-state index is -4.55. The van der Waals surface area contributed by atoms with Crippen molar-refractivity contribution in [1.82, 2.24) is 19.7 Å². The summed E-state index contributed by atoms with van der Waals surface area (Å²) in [7, 11) is 1.92. The number of nitrogens with two attached hydrogens (primary N) is 1. The molecule has 3 aliphatic rings. The number of carbonyl (C=O) groups excluding carboxylic acids is 1. The van der Waals surface area contributed by atoms with Crippen LogP contribution in [0.25, 0.3) is 0 Å². The molecule has 0 bridgehead atoms. The molecule has 6 rings (SSSR count). The summed E-state index contributed by atoms with van der Waals surface area (Å²) >= 11 is 0. The fourth-order valence-corrected chi connectivity index (χ4v) is 7.34. The lowest BCUT2D eigenvalue weighted by molar-refractivity contribution is -0.138. The lowest BCUT2D eigenvalue weighted by atomic mass is 9.57. The normalized spacial score (nSPS) is 24.9. The second kappa shape index (κ2) is 11.1. The molecular weight excluding hydrogens is 541 g/mol. The third-order valence-corrected chi connectivity index (χ3v) is 9.57. The number of amides is 1. The van der Waals surface area contributed by atoms with Crippen molar-refractivity contribution in [2.45, 2.75) is 70.1 Å². The first-order valence-electron chi connectivity index (χ1n) is 15.0. The number of benzene rings is 2. The molecule has 1 aliphatic carbocycles. The Bertz CT molecular complexity index is 1460. The monoisotopic (exact) mass is 580 g/mol. The largest absolute Gasteiger partial charge is 0.416 e. The minimum Gasteiger partial charge on any atom is -0.330 e. The van der Waals surface area contributed by atoms with Gasteiger partial charge in [0.1, 0.15) is 12.2 Å². The van der Waals surface area contributed by atoms with Crippen molar-refractivity contribution >= 4 is 11.6 Å². The molecule has 2 N–H and O–H groups in total. The van der Waals surface area contributed by atoms with E-state index in [0.29, 0.717) is 42.6 Å². The van der Waals surface area contributed by atoms with E-state index in [9.17, 15) is 18.0 Å². The van der Waals surface area contributed by atoms with Crippen LogP contribution in [0.1, 0.15) is 77.5 Å². The van der Waals surface area contributed by atoms with Crippen molar-refractivity contribution < 1.29 is 18.0 Å². The number of anilines is 1. The van der Waals surface area contributed by atoms with Crippen LogP contribution in [-0.4, -0.2) is 45.2 Å². The summed E-state index contributed by atoms with van der Waals surface area (Å²) in [4.78, 5) is 17.5. The molecule has 2 fully saturated rings. The van der Waals surface area contributed by atoms with Crippen molar-refractivity contribution in [3.05, 3.63) is 76.4 Å². The van der Waals surface area contributed by atoms with E-state index in [1.54, 1.807) is 12.4 Å². The molecule has 1 amide bonds. The molecule has 7 nitrogen and oxygen atoms in total. The molecule has 0 spiro atoms. The number of likely N-dealkylation sites (tertiary alicyclic amines) is 1. The Morgan fingerprint density at radius 3 is 2.67 bits per heavy atom. The zero-order valence-electron chi connectivity index (χ0n) is 24.3. The van der Waals surface area contributed by atoms with Crippen LogP contribution in [0, 0.1) is 11.8 Å². The Balaban J connectivity index is 1.31. The van der Waals surface area contributed by atoms with Gasteiger partial charge in [-0.15, -0.1) is 10.2 Å². The first-order chi connectivity index (χ1) is 20.1. The third kappa shape index (κ3) is 5.46. The molecule has 2 aliphatic heterocycles. The predicted molar refractivity (Wildman–Crippen MR) is 155 cm³/mol. The van der Waals surface area contributed by atoms with Gasteiger partial charge in [0.15, 0.2) is 0 Å². The van der Waals surface area contributed by atoms with E-state index in [-0.39, 0.29) is 29.0 Å². The van der Waals surface area contributed by atoms with E-state index >= 15 is 0 Å². The van der Waals surface area contributed by atoms with E-state index in [2.05, 4.69) is 22.0 Å². The van der Waals surface area contributed by atoms with Crippen molar-refractivity contribution in [2.24, 2.45) is 24.6 Å². The highest BCUT2D eigenvalue weighted by molar-refractivity contribution is 6.10. The molecule has 3 heterocycles. The predicted octanol–water partition coefficient (Wildman–Crippen LogP) is 5.47. The maximum absolute atomic E-state index is 14.4. The molecule has 1 saturated carbocycles. The van der Waals surface area contributed by atoms with Crippen LogP contribution in [0.3, 0.4) is 0 Å². The topological polar surface area (TPSA) is 80.3 Å². The Labute approximate surface area is 244 Å². The average Bonchev–Trinajstić information content (AvgIpc) is 3.41. The number of alkyl halides is 3. The number of aryl methyl sites for hydroxylation is 1. The first kappa shape index (κ1) is 28.9. The smallest absolute Gasteiger partial charge is 0.330 e. The number of fused-ring (bicyclic) bond motifs is 1. The van der Waals surface area contributed by atoms with Crippen molar-refractivity contribution in [1.29, 1.82) is 0 Å². The van der Waals surface area contributed by atoms with Crippen LogP contribution < -0.4 is 10.6 Å². The number of hydrogen-bond acceptors (Lipinski definition) is 5. The van der Waals surface area contributed by atoms with Gasteiger partial charge >= 0.3 is 6.18 Å². The second-order valence-electron chi connectivity index (χ2n) is 12.8. The van der Waals surface area contributed by atoms with Gasteiger partial charge in [-0.25, -0.2) is 0 Å². The molecule has 42 heavy (non-hydrogen) atoms. The second-order valence-corrected chi connectivity index (χ2v) is 12.8. The number of carbonyl (C=O) groups is 1. The summed E-state index contributed by atoms with van der Waals surface area (Å²) in [5.41, 5.74) is 7.49. The highest BCUT2D eigenvalue weighted by atomic mass is 19.4. The Kier molecular flexibility index (Phi) is 7.64. The van der Waals surface area contributed by atoms with Gasteiger partial charge in [0, 0.05) is 43.2 Å². The fraction of sp³-hybridized carbons (Fsp3) is 0.531. The van der Waals surface area contributed by atoms with E-state index in [1.165, 1.54) is 11.0 Å². The SMILES string of the molecule is CC1CCCCN(Cc2cc3c(c(C(F)(F)F)c2)CN(c2cccc(C4(Cc5nncn5C)CC(CN)C4)c2)C3=O)C1. The zero-order valence-corrected chi connectivity index (χ0v) is 24.3. The lowest BCUT2D eigenvalue weighted by Gasteiger charge is -2.48. The van der Waals surface area contributed by atoms with Crippen LogP contribution in [0.5, 0.6) is 0 Å². The summed E-state index contributed by atoms with van der Waals surface area (Å²) in [6.45, 7) is 4.81. The number of halogens is 3. The first-order valence-corrected chi connectivity index (χ1v) is 15.0. The molecule has 1 unspecified atom stereocenters. The zero-order chi connectivity index (χ0) is 29.6. The van der Waals surface area contributed by atoms with Crippen LogP contribution in [0.15, 0.2) is 42.7 Å². The summed E-state index contributed by atoms with van der Waals surface area (Å²) < 4.78 is 45.0. The number of aromatic nitrogens is 3. The van der Waals surface area contributed by atoms with Crippen molar-refractivity contribution in [3.8, 4) is 0 Å². The summed E-state index contributed by atoms with van der Waals surface area (Å²) in [6, 6.07) is 10.7. The molecule has 3 aromatic rings. The number of rotatable bonds is 7. The summed E-state index contributed by atoms with van der Waals surface area (Å²) in [6.07, 6.45) is 2.87. The Morgan fingerprint density at radius 2 is 1.95 bits per heavy atom. The van der Waals surface area contributed by atoms with Crippen molar-refractivity contribution in [3.63, 3.8) is 0 Å². The maximum atomic E-state index is 14.4. The highest BCUT2D eigenvalue weighted by Crippen LogP contribution is 2.50. The number of hydrogen-bond donors (Lipinski definition) is 1. The lowest BCUT2D eigenvalue weighted by Crippen LogP contribution is -2.46. The van der Waals surface area contributed by atoms with Crippen LogP contribution in [-0.2, 0) is 38.1 Å². The quantitative estimate of drug-likeness (QED) is 0.401. The van der Waals surface area contributed by atoms with Gasteiger partial charge in [0.05, 0.1) is 12.1 Å². The minimum absolute atomic E-state index is 0.0616. The molecule has 0 radical (unpaired) electrons. The summed E-state index contributed by atoms with van der Waals surface area (Å²) in [5.74, 6) is 1.37. The van der Waals surface area contributed by atoms with E-state index in [1.807, 2.05) is 35.9 Å². The van der Waals surface area contributed by atoms with Gasteiger partial charge in [0.2, 0.25) is 0 Å². The molecule has 10 heteroatoms. The van der Waals surface area contributed by atoms with E-state index in [4.69, 9.17) is 5.73 Å². The van der Waals surface area contributed by atoms with Crippen LogP contribution in [0.4, 0.5) is 18.9 Å². The van der Waals surface area contributed by atoms with Gasteiger partial charge in [-0.05, 0) is 91.6 Å². The van der Waals surface area contributed by atoms with Gasteiger partial charge in [-0.2, -0.15) is 13.2 Å². The average molecular weight is 581 g/mol. The van der Waals surface area contributed by atoms with E-state index in [0.717, 1.165) is 56.6 Å². The number of nitrogens with zero attached hydrogens (tertiary/aromatic N) is 5. The van der Waals surface area contributed by atoms with Crippen molar-refractivity contribution in [2.75, 3.05) is 24.5 Å². The van der Waals surface area contributed by atoms with Gasteiger partial charge in [-0.1, -0.05) is 25.5 Å². The Hall–Kier alpha value is -3.24. The molecule has 224 valence electrons. The molecule has 1 aromatic heterocycles. The molecule has 1 saturated heterocycles. The molecule has 1 atom stereocenters. The Morgan fingerprint density at radius 1 is 1.14 bits per heavy atom. The highest BCUT2D eigenvalue weighted by Gasteiger charge is 2.46. The third-order valence-electron chi connectivity index (χ3n) is 9.57. The summed E-state index contributed by atoms with van der Waals surface area (Å²) in [5, 5.41) is 8.33. The van der Waals surface area contributed by atoms with Gasteiger partial charge < -0.3 is 15.2 Å². The molecule has 2 aromatic carbocycles. The van der Waals surface area contributed by atoms with E-state index < -0.39 is 11.7 Å². The maximum Gasteiger partial charge on any atom is 0.416 e. The standard InChI is InChI=1S/C32H39F3N6O/c1-21-6-3-4-9-40(17-21)18-22-10-26-27(28(11-22)32(33,34)35)19-41(30(26)42)25-8-5-7-24(12-25)31(13-23(14-31)16-36)15-29-38-37-20-39(29)2/h5,7-8,10-12,20-21,23H,3-4,6,9,13-19,36H2,1-2H3. The van der Waals surface area contributed by atoms with Gasteiger partial charge in [0.25, 0.3) is 5.91 Å². The van der Waals surface area contributed by atoms with Crippen LogP contribution in [0.2, 0.25) is 0 Å². The van der Waals surface area contributed by atoms with Gasteiger partial charge in [-0.3, -0.25) is 9.69 Å².